The number of anilines is 3. The van der Waals surface area contributed by atoms with E-state index < -0.39 is 5.41 Å². The summed E-state index contributed by atoms with van der Waals surface area (Å²) in [4.78, 5) is 2.51. The lowest BCUT2D eigenvalue weighted by atomic mass is 9.68. The van der Waals surface area contributed by atoms with Gasteiger partial charge in [0.15, 0.2) is 0 Å². The van der Waals surface area contributed by atoms with Crippen LogP contribution in [0.3, 0.4) is 0 Å². The Morgan fingerprint density at radius 1 is 0.344 bits per heavy atom. The molecule has 0 spiro atoms. The minimum atomic E-state index is -0.506. The number of fused-ring (bicyclic) bond motifs is 7. The Bertz CT molecular complexity index is 3390. The molecule has 0 saturated heterocycles. The zero-order valence-electron chi connectivity index (χ0n) is 33.4. The Morgan fingerprint density at radius 3 is 1.75 bits per heavy atom. The van der Waals surface area contributed by atoms with Crippen LogP contribution in [0.4, 0.5) is 17.1 Å². The molecule has 0 radical (unpaired) electrons. The molecule has 0 bridgehead atoms. The van der Waals surface area contributed by atoms with Gasteiger partial charge in [-0.2, -0.15) is 0 Å². The number of thiophene rings is 1. The molecule has 0 atom stereocenters. The summed E-state index contributed by atoms with van der Waals surface area (Å²) >= 11 is 1.86. The first-order chi connectivity index (χ1) is 30.3. The fourth-order valence-electron chi connectivity index (χ4n) is 10.1. The van der Waals surface area contributed by atoms with Gasteiger partial charge in [0, 0.05) is 37.1 Å². The second-order valence-corrected chi connectivity index (χ2v) is 17.1. The molecule has 11 aromatic rings. The predicted molar refractivity (Wildman–Crippen MR) is 260 cm³/mol. The maximum absolute atomic E-state index is 2.51. The molecule has 1 heterocycles. The quantitative estimate of drug-likeness (QED) is 0.155. The van der Waals surface area contributed by atoms with Crippen molar-refractivity contribution in [2.24, 2.45) is 0 Å². The molecule has 10 aromatic carbocycles. The highest BCUT2D eigenvalue weighted by Gasteiger charge is 2.47. The average molecular weight is 794 g/mol. The Kier molecular flexibility index (Phi) is 8.33. The van der Waals surface area contributed by atoms with Crippen molar-refractivity contribution < 1.29 is 0 Å². The molecule has 12 rings (SSSR count). The highest BCUT2D eigenvalue weighted by Crippen LogP contribution is 2.59. The van der Waals surface area contributed by atoms with Crippen LogP contribution in [0.25, 0.3) is 64.3 Å². The van der Waals surface area contributed by atoms with Crippen LogP contribution in [0.5, 0.6) is 0 Å². The van der Waals surface area contributed by atoms with E-state index in [2.05, 4.69) is 241 Å². The molecule has 0 saturated carbocycles. The van der Waals surface area contributed by atoms with E-state index >= 15 is 0 Å². The number of nitrogens with zero attached hydrogens (tertiary/aromatic N) is 1. The summed E-state index contributed by atoms with van der Waals surface area (Å²) < 4.78 is 2.60. The maximum atomic E-state index is 2.51. The van der Waals surface area contributed by atoms with Crippen LogP contribution >= 0.6 is 11.3 Å². The third-order valence-electron chi connectivity index (χ3n) is 12.7. The van der Waals surface area contributed by atoms with Gasteiger partial charge in [0.25, 0.3) is 0 Å². The van der Waals surface area contributed by atoms with Crippen LogP contribution in [0.1, 0.15) is 22.3 Å². The molecule has 0 aliphatic heterocycles. The van der Waals surface area contributed by atoms with E-state index in [-0.39, 0.29) is 0 Å². The molecule has 1 aliphatic carbocycles. The van der Waals surface area contributed by atoms with Crippen LogP contribution in [-0.2, 0) is 5.41 Å². The van der Waals surface area contributed by atoms with Gasteiger partial charge in [-0.25, -0.2) is 0 Å². The van der Waals surface area contributed by atoms with E-state index in [0.29, 0.717) is 0 Å². The summed E-state index contributed by atoms with van der Waals surface area (Å²) in [6.07, 6.45) is 0. The van der Waals surface area contributed by atoms with Crippen LogP contribution < -0.4 is 4.90 Å². The van der Waals surface area contributed by atoms with Crippen molar-refractivity contribution in [1.82, 2.24) is 0 Å². The lowest BCUT2D eigenvalue weighted by molar-refractivity contribution is 0.768. The van der Waals surface area contributed by atoms with Crippen LogP contribution in [0.15, 0.2) is 237 Å². The standard InChI is InChI=1S/C59H39NS/c1-3-22-44(23-4-1)59(45-24-5-2-6-25-45)53-31-11-9-29-51(53)58-54(59)32-16-33-55(58)60(47-35-36-57-52(39-47)50-28-10-12-34-56(50)61-57)46-26-14-20-42(38-46)41-19-13-21-43(37-41)49-30-15-18-40-17-7-8-27-48(40)49/h1-39H. The van der Waals surface area contributed by atoms with Crippen molar-refractivity contribution in [3.8, 4) is 33.4 Å². The van der Waals surface area contributed by atoms with Gasteiger partial charge < -0.3 is 4.90 Å². The molecule has 0 unspecified atom stereocenters. The third-order valence-corrected chi connectivity index (χ3v) is 13.9. The molecule has 0 N–H and O–H groups in total. The zero-order chi connectivity index (χ0) is 40.3. The predicted octanol–water partition coefficient (Wildman–Crippen LogP) is 16.4. The van der Waals surface area contributed by atoms with Gasteiger partial charge in [-0.15, -0.1) is 11.3 Å². The second kappa shape index (κ2) is 14.3. The fourth-order valence-corrected chi connectivity index (χ4v) is 11.2. The molecule has 1 aliphatic rings. The first-order valence-electron chi connectivity index (χ1n) is 21.0. The molecular weight excluding hydrogens is 755 g/mol. The first-order valence-corrected chi connectivity index (χ1v) is 21.8. The van der Waals surface area contributed by atoms with Gasteiger partial charge in [0.1, 0.15) is 0 Å². The van der Waals surface area contributed by atoms with Gasteiger partial charge in [-0.3, -0.25) is 0 Å². The zero-order valence-corrected chi connectivity index (χ0v) is 34.2. The van der Waals surface area contributed by atoms with Crippen molar-refractivity contribution >= 4 is 59.3 Å². The Hall–Kier alpha value is -7.52. The Labute approximate surface area is 360 Å². The van der Waals surface area contributed by atoms with Crippen molar-refractivity contribution in [3.63, 3.8) is 0 Å². The highest BCUT2D eigenvalue weighted by atomic mass is 32.1. The summed E-state index contributed by atoms with van der Waals surface area (Å²) in [5.41, 5.74) is 15.3. The van der Waals surface area contributed by atoms with Crippen molar-refractivity contribution in [2.45, 2.75) is 5.41 Å². The first kappa shape index (κ1) is 35.4. The largest absolute Gasteiger partial charge is 0.310 e. The molecule has 286 valence electrons. The van der Waals surface area contributed by atoms with Gasteiger partial charge in [0.05, 0.1) is 11.1 Å². The van der Waals surface area contributed by atoms with E-state index in [4.69, 9.17) is 0 Å². The Balaban J connectivity index is 1.10. The number of hydrogen-bond acceptors (Lipinski definition) is 2. The lowest BCUT2D eigenvalue weighted by Crippen LogP contribution is -2.28. The summed E-state index contributed by atoms with van der Waals surface area (Å²) in [5, 5.41) is 5.08. The SMILES string of the molecule is c1ccc(C2(c3ccccc3)c3ccccc3-c3c(N(c4cccc(-c5cccc(-c6cccc7ccccc67)c5)c4)c4ccc5sc6ccccc6c5c4)cccc32)cc1. The molecule has 0 fully saturated rings. The molecule has 2 heteroatoms. The molecule has 1 nitrogen and oxygen atoms in total. The van der Waals surface area contributed by atoms with Gasteiger partial charge in [0.2, 0.25) is 0 Å². The maximum Gasteiger partial charge on any atom is 0.0714 e. The van der Waals surface area contributed by atoms with Crippen molar-refractivity contribution in [1.29, 1.82) is 0 Å². The summed E-state index contributed by atoms with van der Waals surface area (Å²) in [6.45, 7) is 0. The van der Waals surface area contributed by atoms with Crippen LogP contribution in [0.2, 0.25) is 0 Å². The van der Waals surface area contributed by atoms with Gasteiger partial charge >= 0.3 is 0 Å². The van der Waals surface area contributed by atoms with Gasteiger partial charge in [-0.05, 0) is 109 Å². The highest BCUT2D eigenvalue weighted by molar-refractivity contribution is 7.25. The topological polar surface area (TPSA) is 3.24 Å². The van der Waals surface area contributed by atoms with E-state index in [9.17, 15) is 0 Å². The monoisotopic (exact) mass is 793 g/mol. The number of benzene rings is 10. The van der Waals surface area contributed by atoms with Crippen molar-refractivity contribution in [3.05, 3.63) is 259 Å². The molecule has 0 amide bonds. The van der Waals surface area contributed by atoms with E-state index in [1.807, 2.05) is 11.3 Å². The normalized spacial score (nSPS) is 12.7. The summed E-state index contributed by atoms with van der Waals surface area (Å²) in [7, 11) is 0. The molecular formula is C59H39NS. The number of hydrogen-bond donors (Lipinski definition) is 0. The number of rotatable bonds is 7. The Morgan fingerprint density at radius 2 is 0.918 bits per heavy atom. The van der Waals surface area contributed by atoms with E-state index in [0.717, 1.165) is 17.1 Å². The smallest absolute Gasteiger partial charge is 0.0714 e. The second-order valence-electron chi connectivity index (χ2n) is 16.0. The van der Waals surface area contributed by atoms with Crippen LogP contribution in [0, 0.1) is 0 Å². The van der Waals surface area contributed by atoms with Gasteiger partial charge in [-0.1, -0.05) is 188 Å². The molecule has 1 aromatic heterocycles. The minimum absolute atomic E-state index is 0.506. The lowest BCUT2D eigenvalue weighted by Gasteiger charge is -2.34. The van der Waals surface area contributed by atoms with E-state index in [1.165, 1.54) is 86.6 Å². The minimum Gasteiger partial charge on any atom is -0.310 e. The van der Waals surface area contributed by atoms with E-state index in [1.54, 1.807) is 0 Å². The third kappa shape index (κ3) is 5.60. The van der Waals surface area contributed by atoms with Crippen LogP contribution in [-0.4, -0.2) is 0 Å². The fraction of sp³-hybridized carbons (Fsp3) is 0.0169. The molecule has 61 heavy (non-hydrogen) atoms. The summed E-state index contributed by atoms with van der Waals surface area (Å²) in [6, 6.07) is 87.4. The summed E-state index contributed by atoms with van der Waals surface area (Å²) in [5.74, 6) is 0. The van der Waals surface area contributed by atoms with Crippen molar-refractivity contribution in [2.75, 3.05) is 4.90 Å². The average Bonchev–Trinajstić information content (AvgIpc) is 3.86.